The number of amides is 1. The van der Waals surface area contributed by atoms with Crippen LogP contribution in [0.2, 0.25) is 0 Å². The lowest BCUT2D eigenvalue weighted by atomic mass is 10.1. The number of carbonyl (C=O) groups excluding carboxylic acids is 1. The molecular weight excluding hydrogens is 523 g/mol. The van der Waals surface area contributed by atoms with Gasteiger partial charge in [0.05, 0.1) is 24.9 Å². The maximum atomic E-state index is 12.8. The SMILES string of the molecule is CN=C(NCCCOC1CCOC1)NCc1ccc(C(=O)N2CC(C)OC(C)C2)cc1.I. The summed E-state index contributed by atoms with van der Waals surface area (Å²) in [6.07, 6.45) is 2.29. The van der Waals surface area contributed by atoms with Gasteiger partial charge in [0.2, 0.25) is 0 Å². The van der Waals surface area contributed by atoms with Crippen LogP contribution < -0.4 is 10.6 Å². The quantitative estimate of drug-likeness (QED) is 0.220. The van der Waals surface area contributed by atoms with Gasteiger partial charge in [-0.2, -0.15) is 0 Å². The standard InChI is InChI=1S/C23H36N4O4.HI/c1-17-14-27(15-18(2)31-17)22(28)20-7-5-19(6-8-20)13-26-23(24-3)25-10-4-11-30-21-9-12-29-16-21;/h5-8,17-18,21H,4,9-16H2,1-3H3,(H2,24,25,26);1H. The number of nitrogens with one attached hydrogen (secondary N) is 2. The van der Waals surface area contributed by atoms with Gasteiger partial charge in [-0.05, 0) is 44.4 Å². The van der Waals surface area contributed by atoms with Gasteiger partial charge in [0.15, 0.2) is 5.96 Å². The van der Waals surface area contributed by atoms with Gasteiger partial charge in [0.25, 0.3) is 5.91 Å². The number of rotatable bonds is 8. The molecule has 1 aromatic carbocycles. The van der Waals surface area contributed by atoms with Crippen molar-refractivity contribution in [2.24, 2.45) is 4.99 Å². The molecule has 0 aromatic heterocycles. The maximum Gasteiger partial charge on any atom is 0.254 e. The molecule has 3 rings (SSSR count). The minimum absolute atomic E-state index is 0. The van der Waals surface area contributed by atoms with E-state index >= 15 is 0 Å². The molecule has 1 aromatic rings. The number of hydrogen-bond acceptors (Lipinski definition) is 5. The average molecular weight is 560 g/mol. The molecule has 2 N–H and O–H groups in total. The monoisotopic (exact) mass is 560 g/mol. The molecule has 2 fully saturated rings. The molecule has 180 valence electrons. The molecule has 2 aliphatic rings. The van der Waals surface area contributed by atoms with Gasteiger partial charge in [0.1, 0.15) is 0 Å². The summed E-state index contributed by atoms with van der Waals surface area (Å²) in [5.41, 5.74) is 1.80. The second kappa shape index (κ2) is 14.0. The zero-order chi connectivity index (χ0) is 22.1. The van der Waals surface area contributed by atoms with Gasteiger partial charge in [-0.25, -0.2) is 0 Å². The number of aliphatic imine (C=N–C) groups is 1. The molecule has 9 heteroatoms. The maximum absolute atomic E-state index is 12.8. The number of carbonyl (C=O) groups is 1. The molecule has 32 heavy (non-hydrogen) atoms. The van der Waals surface area contributed by atoms with Crippen LogP contribution in [0, 0.1) is 0 Å². The minimum atomic E-state index is 0. The van der Waals surface area contributed by atoms with Crippen molar-refractivity contribution in [1.29, 1.82) is 0 Å². The Hall–Kier alpha value is -1.43. The Bertz CT molecular complexity index is 715. The van der Waals surface area contributed by atoms with E-state index in [0.29, 0.717) is 38.4 Å². The van der Waals surface area contributed by atoms with E-state index in [4.69, 9.17) is 14.2 Å². The van der Waals surface area contributed by atoms with Crippen LogP contribution >= 0.6 is 24.0 Å². The van der Waals surface area contributed by atoms with E-state index in [-0.39, 0.29) is 48.2 Å². The van der Waals surface area contributed by atoms with Crippen LogP contribution in [0.1, 0.15) is 42.6 Å². The van der Waals surface area contributed by atoms with Crippen molar-refractivity contribution in [2.75, 3.05) is 46.5 Å². The first-order valence-electron chi connectivity index (χ1n) is 11.2. The fraction of sp³-hybridized carbons (Fsp3) is 0.652. The summed E-state index contributed by atoms with van der Waals surface area (Å²) >= 11 is 0. The largest absolute Gasteiger partial charge is 0.379 e. The number of guanidine groups is 1. The Morgan fingerprint density at radius 3 is 2.53 bits per heavy atom. The normalized spacial score (nSPS) is 23.5. The molecule has 0 radical (unpaired) electrons. The van der Waals surface area contributed by atoms with Crippen molar-refractivity contribution < 1.29 is 19.0 Å². The van der Waals surface area contributed by atoms with Crippen LogP contribution in [-0.2, 0) is 20.8 Å². The molecule has 8 nitrogen and oxygen atoms in total. The molecular formula is C23H37IN4O4. The van der Waals surface area contributed by atoms with Crippen molar-refractivity contribution in [2.45, 2.75) is 51.5 Å². The van der Waals surface area contributed by atoms with Gasteiger partial charge < -0.3 is 29.7 Å². The van der Waals surface area contributed by atoms with E-state index in [1.54, 1.807) is 7.05 Å². The third-order valence-corrected chi connectivity index (χ3v) is 5.45. The Kier molecular flexibility index (Phi) is 11.7. The highest BCUT2D eigenvalue weighted by Gasteiger charge is 2.26. The molecule has 0 aliphatic carbocycles. The summed E-state index contributed by atoms with van der Waals surface area (Å²) in [4.78, 5) is 18.9. The number of halogens is 1. The first kappa shape index (κ1) is 26.8. The molecule has 2 heterocycles. The van der Waals surface area contributed by atoms with Crippen molar-refractivity contribution in [1.82, 2.24) is 15.5 Å². The summed E-state index contributed by atoms with van der Waals surface area (Å²) in [6, 6.07) is 7.76. The second-order valence-corrected chi connectivity index (χ2v) is 8.23. The summed E-state index contributed by atoms with van der Waals surface area (Å²) in [5.74, 6) is 0.811. The van der Waals surface area contributed by atoms with Gasteiger partial charge in [0, 0.05) is 52.0 Å². The van der Waals surface area contributed by atoms with E-state index < -0.39 is 0 Å². The van der Waals surface area contributed by atoms with Crippen molar-refractivity contribution in [3.63, 3.8) is 0 Å². The first-order chi connectivity index (χ1) is 15.0. The van der Waals surface area contributed by atoms with Crippen LogP contribution in [0.4, 0.5) is 0 Å². The molecule has 1 amide bonds. The molecule has 0 spiro atoms. The number of nitrogens with zero attached hydrogens (tertiary/aromatic N) is 2. The van der Waals surface area contributed by atoms with Crippen LogP contribution in [-0.4, -0.2) is 81.6 Å². The van der Waals surface area contributed by atoms with E-state index in [0.717, 1.165) is 37.5 Å². The third-order valence-electron chi connectivity index (χ3n) is 5.45. The third kappa shape index (κ3) is 8.49. The van der Waals surface area contributed by atoms with Crippen molar-refractivity contribution in [3.8, 4) is 0 Å². The van der Waals surface area contributed by atoms with Gasteiger partial charge >= 0.3 is 0 Å². The van der Waals surface area contributed by atoms with Crippen LogP contribution in [0.3, 0.4) is 0 Å². The fourth-order valence-electron chi connectivity index (χ4n) is 3.87. The molecule has 0 bridgehead atoms. The molecule has 3 unspecified atom stereocenters. The summed E-state index contributed by atoms with van der Waals surface area (Å²) in [7, 11) is 1.76. The highest BCUT2D eigenvalue weighted by Crippen LogP contribution is 2.15. The van der Waals surface area contributed by atoms with Crippen LogP contribution in [0.5, 0.6) is 0 Å². The summed E-state index contributed by atoms with van der Waals surface area (Å²) < 4.78 is 16.8. The summed E-state index contributed by atoms with van der Waals surface area (Å²) in [6.45, 7) is 8.93. The second-order valence-electron chi connectivity index (χ2n) is 8.23. The number of ether oxygens (including phenoxy) is 3. The Morgan fingerprint density at radius 1 is 1.19 bits per heavy atom. The first-order valence-corrected chi connectivity index (χ1v) is 11.2. The smallest absolute Gasteiger partial charge is 0.254 e. The molecule has 2 saturated heterocycles. The van der Waals surface area contributed by atoms with E-state index in [9.17, 15) is 4.79 Å². The van der Waals surface area contributed by atoms with E-state index in [2.05, 4.69) is 15.6 Å². The number of benzene rings is 1. The molecule has 3 atom stereocenters. The van der Waals surface area contributed by atoms with E-state index in [1.807, 2.05) is 43.0 Å². The Labute approximate surface area is 208 Å². The minimum Gasteiger partial charge on any atom is -0.379 e. The topological polar surface area (TPSA) is 84.4 Å². The predicted molar refractivity (Wildman–Crippen MR) is 136 cm³/mol. The Balaban J connectivity index is 0.00000363. The van der Waals surface area contributed by atoms with Gasteiger partial charge in [-0.3, -0.25) is 9.79 Å². The average Bonchev–Trinajstić information content (AvgIpc) is 3.28. The van der Waals surface area contributed by atoms with Gasteiger partial charge in [-0.1, -0.05) is 12.1 Å². The number of morpholine rings is 1. The van der Waals surface area contributed by atoms with Crippen molar-refractivity contribution in [3.05, 3.63) is 35.4 Å². The highest BCUT2D eigenvalue weighted by molar-refractivity contribution is 14.0. The van der Waals surface area contributed by atoms with Crippen molar-refractivity contribution >= 4 is 35.8 Å². The lowest BCUT2D eigenvalue weighted by molar-refractivity contribution is -0.0586. The zero-order valence-electron chi connectivity index (χ0n) is 19.3. The summed E-state index contributed by atoms with van der Waals surface area (Å²) in [5, 5.41) is 6.61. The predicted octanol–water partition coefficient (Wildman–Crippen LogP) is 2.41. The lowest BCUT2D eigenvalue weighted by Crippen LogP contribution is -2.48. The highest BCUT2D eigenvalue weighted by atomic mass is 127. The molecule has 2 aliphatic heterocycles. The zero-order valence-corrected chi connectivity index (χ0v) is 21.7. The number of hydrogen-bond donors (Lipinski definition) is 2. The molecule has 0 saturated carbocycles. The van der Waals surface area contributed by atoms with Gasteiger partial charge in [-0.15, -0.1) is 24.0 Å². The lowest BCUT2D eigenvalue weighted by Gasteiger charge is -2.35. The fourth-order valence-corrected chi connectivity index (χ4v) is 3.87. The van der Waals surface area contributed by atoms with Crippen LogP contribution in [0.25, 0.3) is 0 Å². The van der Waals surface area contributed by atoms with Crippen LogP contribution in [0.15, 0.2) is 29.3 Å². The Morgan fingerprint density at radius 2 is 1.91 bits per heavy atom. The van der Waals surface area contributed by atoms with E-state index in [1.165, 1.54) is 0 Å².